The molecule has 0 amide bonds. The number of allylic oxidation sites excluding steroid dienone is 1. The molecule has 36 atom stereocenters. The topological polar surface area (TPSA) is 472 Å². The van der Waals surface area contributed by atoms with Crippen LogP contribution in [0.1, 0.15) is 120 Å². The van der Waals surface area contributed by atoms with E-state index in [1.807, 2.05) is 0 Å². The standard InChI is InChI=1S/C64H104O30/c1-25-36(69)43(76)51(92-53-45(78)37(70)29(67)21-83-53)57(86-25)93-50-38(71)30(68)22-84-56(50)90-35-12-13-61(7)33(60(35,5)6)11-14-62(8)34(61)10-9-27-28-19-59(3,4)15-16-63(28,17-18-64(27,62)24-66)58(82)94-54-48(81)44(77)49(26(2)87-54)91-55-47(80)42(75)40(73)32(89-55)23-85-52-46(79)41(74)39(72)31(20-65)88-52/h9,25-26,28-57,65-81H,10-24H2,1-8H3. The van der Waals surface area contributed by atoms with E-state index in [0.717, 1.165) is 12.0 Å². The quantitative estimate of drug-likeness (QED) is 0.0421. The number of hydrogen-bond acceptors (Lipinski definition) is 30. The number of rotatable bonds is 15. The third-order valence-electron chi connectivity index (χ3n) is 24.7. The Hall–Kier alpha value is -1.91. The smallest absolute Gasteiger partial charge is 0.315 e. The highest BCUT2D eigenvalue weighted by molar-refractivity contribution is 5.79. The zero-order chi connectivity index (χ0) is 68.4. The first-order valence-corrected chi connectivity index (χ1v) is 33.5. The summed E-state index contributed by atoms with van der Waals surface area (Å²) in [5.74, 6) is -0.954. The van der Waals surface area contributed by atoms with E-state index in [0.29, 0.717) is 57.8 Å². The minimum absolute atomic E-state index is 0.0362. The van der Waals surface area contributed by atoms with Crippen molar-refractivity contribution in [3.05, 3.63) is 11.6 Å². The van der Waals surface area contributed by atoms with Crippen LogP contribution in [0, 0.1) is 50.2 Å². The Morgan fingerprint density at radius 2 is 1.07 bits per heavy atom. The van der Waals surface area contributed by atoms with Crippen LogP contribution < -0.4 is 0 Å². The molecule has 17 N–H and O–H groups in total. The van der Waals surface area contributed by atoms with Crippen LogP contribution in [0.4, 0.5) is 0 Å². The first kappa shape index (κ1) is 73.3. The van der Waals surface area contributed by atoms with Gasteiger partial charge in [0.15, 0.2) is 31.5 Å². The summed E-state index contributed by atoms with van der Waals surface area (Å²) in [6.07, 6.45) is -37.5. The summed E-state index contributed by atoms with van der Waals surface area (Å²) in [5, 5.41) is 185. The molecule has 540 valence electrons. The fraction of sp³-hybridized carbons (Fsp3) is 0.953. The van der Waals surface area contributed by atoms with Crippen LogP contribution in [0.5, 0.6) is 0 Å². The molecule has 36 unspecified atom stereocenters. The van der Waals surface area contributed by atoms with Gasteiger partial charge in [0.2, 0.25) is 6.29 Å². The van der Waals surface area contributed by atoms with Crippen molar-refractivity contribution >= 4 is 5.97 Å². The second kappa shape index (κ2) is 27.5. The van der Waals surface area contributed by atoms with Gasteiger partial charge in [-0.1, -0.05) is 53.2 Å². The van der Waals surface area contributed by atoms with Gasteiger partial charge in [-0.3, -0.25) is 4.79 Å². The number of esters is 1. The van der Waals surface area contributed by atoms with E-state index in [4.69, 9.17) is 56.8 Å². The van der Waals surface area contributed by atoms with Gasteiger partial charge in [0, 0.05) is 5.41 Å². The second-order valence-corrected chi connectivity index (χ2v) is 30.9. The maximum atomic E-state index is 15.3. The van der Waals surface area contributed by atoms with E-state index in [1.165, 1.54) is 13.8 Å². The molecule has 4 saturated carbocycles. The van der Waals surface area contributed by atoms with Crippen molar-refractivity contribution in [3.63, 3.8) is 0 Å². The molecule has 6 aliphatic heterocycles. The second-order valence-electron chi connectivity index (χ2n) is 30.9. The van der Waals surface area contributed by atoms with Crippen molar-refractivity contribution in [2.24, 2.45) is 50.2 Å². The van der Waals surface area contributed by atoms with Crippen LogP contribution in [0.25, 0.3) is 0 Å². The van der Waals surface area contributed by atoms with Gasteiger partial charge in [-0.25, -0.2) is 0 Å². The number of carbonyl (C=O) groups is 1. The third kappa shape index (κ3) is 12.5. The van der Waals surface area contributed by atoms with Crippen molar-refractivity contribution in [2.45, 2.75) is 298 Å². The molecule has 0 aromatic carbocycles. The molecule has 6 heterocycles. The van der Waals surface area contributed by atoms with Gasteiger partial charge in [0.1, 0.15) is 122 Å². The summed E-state index contributed by atoms with van der Waals surface area (Å²) in [4.78, 5) is 15.3. The largest absolute Gasteiger partial charge is 0.432 e. The number of ether oxygens (including phenoxy) is 12. The molecule has 0 spiro atoms. The first-order valence-electron chi connectivity index (χ1n) is 33.5. The molecule has 0 bridgehead atoms. The zero-order valence-corrected chi connectivity index (χ0v) is 54.6. The van der Waals surface area contributed by atoms with Crippen molar-refractivity contribution in [1.29, 1.82) is 0 Å². The molecule has 0 aromatic heterocycles. The maximum absolute atomic E-state index is 15.3. The Balaban J connectivity index is 0.773. The number of aliphatic hydroxyl groups is 17. The van der Waals surface area contributed by atoms with E-state index in [1.54, 1.807) is 0 Å². The van der Waals surface area contributed by atoms with E-state index in [-0.39, 0.29) is 35.9 Å². The summed E-state index contributed by atoms with van der Waals surface area (Å²) >= 11 is 0. The van der Waals surface area contributed by atoms with Crippen LogP contribution in [0.15, 0.2) is 11.6 Å². The minimum Gasteiger partial charge on any atom is -0.432 e. The third-order valence-corrected chi connectivity index (χ3v) is 24.7. The highest BCUT2D eigenvalue weighted by Crippen LogP contribution is 2.76. The normalized spacial score (nSPS) is 54.2. The number of fused-ring (bicyclic) bond motifs is 7. The minimum atomic E-state index is -1.93. The molecular weight excluding hydrogens is 1250 g/mol. The van der Waals surface area contributed by atoms with Gasteiger partial charge < -0.3 is 144 Å². The fourth-order valence-corrected chi connectivity index (χ4v) is 18.9. The molecule has 10 fully saturated rings. The molecular formula is C64H104O30. The van der Waals surface area contributed by atoms with Crippen LogP contribution in [0.3, 0.4) is 0 Å². The van der Waals surface area contributed by atoms with Crippen molar-refractivity contribution in [3.8, 4) is 0 Å². The predicted octanol–water partition coefficient (Wildman–Crippen LogP) is -4.08. The Kier molecular flexibility index (Phi) is 21.4. The Morgan fingerprint density at radius 1 is 0.511 bits per heavy atom. The molecule has 30 heteroatoms. The van der Waals surface area contributed by atoms with E-state index >= 15 is 4.79 Å². The average molecular weight is 1350 g/mol. The van der Waals surface area contributed by atoms with Gasteiger partial charge in [0.05, 0.1) is 56.8 Å². The van der Waals surface area contributed by atoms with Gasteiger partial charge in [-0.05, 0) is 117 Å². The van der Waals surface area contributed by atoms with Crippen molar-refractivity contribution < 1.29 is 148 Å². The number of carbonyl (C=O) groups excluding carboxylic acids is 1. The van der Waals surface area contributed by atoms with Crippen LogP contribution in [-0.4, -0.2) is 304 Å². The average Bonchev–Trinajstić information content (AvgIpc) is 0.676. The van der Waals surface area contributed by atoms with Gasteiger partial charge in [0.25, 0.3) is 0 Å². The molecule has 11 aliphatic rings. The molecule has 6 saturated heterocycles. The van der Waals surface area contributed by atoms with Crippen LogP contribution in [-0.2, 0) is 61.6 Å². The molecule has 0 radical (unpaired) electrons. The summed E-state index contributed by atoms with van der Waals surface area (Å²) in [6.45, 7) is 13.9. The molecule has 11 rings (SSSR count). The number of aliphatic hydroxyl groups excluding tert-OH is 17. The lowest BCUT2D eigenvalue weighted by Gasteiger charge is -2.71. The lowest BCUT2D eigenvalue weighted by Crippen LogP contribution is -2.67. The van der Waals surface area contributed by atoms with E-state index in [2.05, 4.69) is 47.6 Å². The van der Waals surface area contributed by atoms with Gasteiger partial charge in [-0.15, -0.1) is 0 Å². The van der Waals surface area contributed by atoms with Crippen LogP contribution >= 0.6 is 0 Å². The molecule has 5 aliphatic carbocycles. The highest BCUT2D eigenvalue weighted by atomic mass is 16.8. The first-order chi connectivity index (χ1) is 44.1. The maximum Gasteiger partial charge on any atom is 0.315 e. The van der Waals surface area contributed by atoms with Gasteiger partial charge >= 0.3 is 5.97 Å². The molecule has 94 heavy (non-hydrogen) atoms. The molecule has 30 nitrogen and oxygen atoms in total. The summed E-state index contributed by atoms with van der Waals surface area (Å²) in [6, 6.07) is 0. The van der Waals surface area contributed by atoms with Crippen LogP contribution in [0.2, 0.25) is 0 Å². The Bertz CT molecular complexity index is 2640. The highest BCUT2D eigenvalue weighted by Gasteiger charge is 2.72. The lowest BCUT2D eigenvalue weighted by molar-refractivity contribution is -0.386. The summed E-state index contributed by atoms with van der Waals surface area (Å²) < 4.78 is 71.8. The fourth-order valence-electron chi connectivity index (χ4n) is 18.9. The van der Waals surface area contributed by atoms with Crippen molar-refractivity contribution in [1.82, 2.24) is 0 Å². The zero-order valence-electron chi connectivity index (χ0n) is 54.6. The predicted molar refractivity (Wildman–Crippen MR) is 315 cm³/mol. The van der Waals surface area contributed by atoms with Gasteiger partial charge in [-0.2, -0.15) is 0 Å². The van der Waals surface area contributed by atoms with E-state index in [9.17, 15) is 86.8 Å². The lowest BCUT2D eigenvalue weighted by atomic mass is 9.33. The van der Waals surface area contributed by atoms with E-state index < -0.39 is 231 Å². The Labute approximate surface area is 545 Å². The summed E-state index contributed by atoms with van der Waals surface area (Å²) in [5.41, 5.74) is -2.49. The Morgan fingerprint density at radius 3 is 1.76 bits per heavy atom. The number of hydrogen-bond donors (Lipinski definition) is 17. The molecule has 0 aromatic rings. The SMILES string of the molecule is CC1OC(OC2C(OC3CCC4(C)C(CCC5(C)C4CC=C4C6CC(C)(C)CCC6(C(=O)OC6OC(C)C(OC7OC(COC8OC(CO)C(O)C(O)C8O)C(O)C(O)C7O)C(O)C6O)CCC45CO)C3(C)C)OCC(O)C2O)C(OC2OCC(O)C(O)C2O)C(O)C1O. The summed E-state index contributed by atoms with van der Waals surface area (Å²) in [7, 11) is 0. The van der Waals surface area contributed by atoms with Crippen molar-refractivity contribution in [2.75, 3.05) is 33.0 Å². The monoisotopic (exact) mass is 1350 g/mol.